The minimum atomic E-state index is -0.643. The Hall–Kier alpha value is -4.41. The summed E-state index contributed by atoms with van der Waals surface area (Å²) in [7, 11) is 0. The molecule has 0 aliphatic carbocycles. The van der Waals surface area contributed by atoms with Crippen LogP contribution in [-0.4, -0.2) is 29.4 Å². The van der Waals surface area contributed by atoms with Gasteiger partial charge in [-0.25, -0.2) is 9.97 Å². The van der Waals surface area contributed by atoms with Crippen LogP contribution in [0.25, 0.3) is 11.3 Å². The molecule has 5 rings (SSSR count). The summed E-state index contributed by atoms with van der Waals surface area (Å²) in [5.74, 6) is 7.71. The van der Waals surface area contributed by atoms with E-state index in [-0.39, 0.29) is 0 Å². The average Bonchev–Trinajstić information content (AvgIpc) is 3.62. The van der Waals surface area contributed by atoms with Gasteiger partial charge in [-0.05, 0) is 48.9 Å². The number of benzene rings is 2. The Morgan fingerprint density at radius 1 is 0.941 bits per heavy atom. The van der Waals surface area contributed by atoms with Crippen molar-refractivity contribution in [2.45, 2.75) is 26.1 Å². The van der Waals surface area contributed by atoms with E-state index < -0.39 is 6.10 Å². The lowest BCUT2D eigenvalue weighted by atomic mass is 10.1. The monoisotopic (exact) mass is 449 g/mol. The van der Waals surface area contributed by atoms with Gasteiger partial charge < -0.3 is 18.8 Å². The second-order valence-corrected chi connectivity index (χ2v) is 8.03. The zero-order valence-electron chi connectivity index (χ0n) is 18.7. The van der Waals surface area contributed by atoms with E-state index in [4.69, 9.17) is 4.52 Å². The SMILES string of the molecule is CC(O)c1nccn1Cc1cc(-c2ccc(C#Cc3ccc(Cn4ccnc4)cc3)cc2)on1. The molecular weight excluding hydrogens is 426 g/mol. The molecule has 0 radical (unpaired) electrons. The summed E-state index contributed by atoms with van der Waals surface area (Å²) in [6, 6.07) is 18.0. The van der Waals surface area contributed by atoms with Crippen molar-refractivity contribution < 1.29 is 9.63 Å². The van der Waals surface area contributed by atoms with E-state index in [9.17, 15) is 5.11 Å². The van der Waals surface area contributed by atoms with E-state index >= 15 is 0 Å². The summed E-state index contributed by atoms with van der Waals surface area (Å²) < 4.78 is 9.42. The molecule has 0 saturated carbocycles. The van der Waals surface area contributed by atoms with Gasteiger partial charge in [-0.15, -0.1) is 0 Å². The van der Waals surface area contributed by atoms with Gasteiger partial charge in [-0.3, -0.25) is 0 Å². The molecule has 7 heteroatoms. The summed E-state index contributed by atoms with van der Waals surface area (Å²) >= 11 is 0. The quantitative estimate of drug-likeness (QED) is 0.391. The lowest BCUT2D eigenvalue weighted by molar-refractivity contribution is 0.184. The molecule has 2 aromatic carbocycles. The van der Waals surface area contributed by atoms with E-state index in [1.807, 2.05) is 70.3 Å². The van der Waals surface area contributed by atoms with Crippen molar-refractivity contribution in [2.24, 2.45) is 0 Å². The van der Waals surface area contributed by atoms with Gasteiger partial charge in [-0.2, -0.15) is 0 Å². The summed E-state index contributed by atoms with van der Waals surface area (Å²) in [6.07, 6.45) is 8.38. The second kappa shape index (κ2) is 9.61. The van der Waals surface area contributed by atoms with Gasteiger partial charge in [0.2, 0.25) is 0 Å². The zero-order chi connectivity index (χ0) is 23.3. The van der Waals surface area contributed by atoms with Crippen LogP contribution in [0.1, 0.15) is 41.2 Å². The molecule has 1 atom stereocenters. The highest BCUT2D eigenvalue weighted by Crippen LogP contribution is 2.22. The molecule has 7 nitrogen and oxygen atoms in total. The fourth-order valence-electron chi connectivity index (χ4n) is 3.67. The maximum absolute atomic E-state index is 9.81. The third-order valence-corrected chi connectivity index (χ3v) is 5.41. The van der Waals surface area contributed by atoms with Crippen molar-refractivity contribution in [3.05, 3.63) is 114 Å². The first-order chi connectivity index (χ1) is 16.6. The smallest absolute Gasteiger partial charge is 0.167 e. The van der Waals surface area contributed by atoms with Crippen LogP contribution in [0, 0.1) is 11.8 Å². The van der Waals surface area contributed by atoms with Gasteiger partial charge in [-0.1, -0.05) is 29.1 Å². The van der Waals surface area contributed by atoms with Crippen LogP contribution in [0.5, 0.6) is 0 Å². The van der Waals surface area contributed by atoms with Crippen LogP contribution in [0.3, 0.4) is 0 Å². The third-order valence-electron chi connectivity index (χ3n) is 5.41. The molecule has 168 valence electrons. The molecule has 3 heterocycles. The Balaban J connectivity index is 1.23. The number of aliphatic hydroxyl groups excluding tert-OH is 1. The number of imidazole rings is 2. The molecule has 1 unspecified atom stereocenters. The fourth-order valence-corrected chi connectivity index (χ4v) is 3.67. The first kappa shape index (κ1) is 21.4. The number of hydrogen-bond acceptors (Lipinski definition) is 5. The summed E-state index contributed by atoms with van der Waals surface area (Å²) in [6.45, 7) is 2.96. The number of hydrogen-bond donors (Lipinski definition) is 1. The zero-order valence-corrected chi connectivity index (χ0v) is 18.7. The highest BCUT2D eigenvalue weighted by molar-refractivity contribution is 5.59. The van der Waals surface area contributed by atoms with Gasteiger partial charge >= 0.3 is 0 Å². The minimum Gasteiger partial charge on any atom is -0.385 e. The van der Waals surface area contributed by atoms with E-state index in [1.165, 1.54) is 5.56 Å². The highest BCUT2D eigenvalue weighted by Gasteiger charge is 2.12. The summed E-state index contributed by atoms with van der Waals surface area (Å²) in [5.41, 5.74) is 4.78. The molecule has 0 aliphatic rings. The molecular formula is C27H23N5O2. The maximum Gasteiger partial charge on any atom is 0.167 e. The van der Waals surface area contributed by atoms with Crippen molar-refractivity contribution in [2.75, 3.05) is 0 Å². The normalized spacial score (nSPS) is 11.7. The Kier molecular flexibility index (Phi) is 6.06. The van der Waals surface area contributed by atoms with E-state index in [2.05, 4.69) is 39.1 Å². The van der Waals surface area contributed by atoms with Gasteiger partial charge in [0.1, 0.15) is 17.6 Å². The molecule has 0 spiro atoms. The molecule has 0 amide bonds. The van der Waals surface area contributed by atoms with E-state index in [0.29, 0.717) is 18.1 Å². The first-order valence-electron chi connectivity index (χ1n) is 11.0. The summed E-state index contributed by atoms with van der Waals surface area (Å²) in [5, 5.41) is 14.0. The third kappa shape index (κ3) is 4.98. The number of rotatable bonds is 6. The van der Waals surface area contributed by atoms with Crippen LogP contribution in [0.15, 0.2) is 90.2 Å². The first-order valence-corrected chi connectivity index (χ1v) is 11.0. The lowest BCUT2D eigenvalue weighted by Crippen LogP contribution is -2.07. The Morgan fingerprint density at radius 2 is 1.68 bits per heavy atom. The lowest BCUT2D eigenvalue weighted by Gasteiger charge is -2.07. The number of aliphatic hydroxyl groups is 1. The Labute approximate surface area is 197 Å². The number of nitrogens with zero attached hydrogens (tertiary/aromatic N) is 5. The van der Waals surface area contributed by atoms with Gasteiger partial charge in [0.05, 0.1) is 12.9 Å². The molecule has 0 saturated heterocycles. The van der Waals surface area contributed by atoms with Crippen LogP contribution < -0.4 is 0 Å². The van der Waals surface area contributed by atoms with Crippen LogP contribution >= 0.6 is 0 Å². The summed E-state index contributed by atoms with van der Waals surface area (Å²) in [4.78, 5) is 8.25. The Morgan fingerprint density at radius 3 is 2.35 bits per heavy atom. The van der Waals surface area contributed by atoms with Crippen molar-refractivity contribution >= 4 is 0 Å². The molecule has 1 N–H and O–H groups in total. The molecule has 0 aliphatic heterocycles. The van der Waals surface area contributed by atoms with Crippen molar-refractivity contribution in [3.63, 3.8) is 0 Å². The van der Waals surface area contributed by atoms with Crippen molar-refractivity contribution in [3.8, 4) is 23.2 Å². The van der Waals surface area contributed by atoms with E-state index in [0.717, 1.165) is 28.9 Å². The number of aromatic nitrogens is 5. The molecule has 0 fully saturated rings. The van der Waals surface area contributed by atoms with Crippen molar-refractivity contribution in [1.29, 1.82) is 0 Å². The standard InChI is InChI=1S/C27H23N5O2/c1-20(33)27-29-13-15-32(27)18-25-16-26(34-30-25)24-10-8-22(9-11-24)3-2-21-4-6-23(7-5-21)17-31-14-12-28-19-31/h4-16,19-20,33H,17-18H2,1H3. The largest absolute Gasteiger partial charge is 0.385 e. The predicted molar refractivity (Wildman–Crippen MR) is 128 cm³/mol. The minimum absolute atomic E-state index is 0.481. The predicted octanol–water partition coefficient (Wildman–Crippen LogP) is 4.28. The molecule has 5 aromatic rings. The van der Waals surface area contributed by atoms with Gasteiger partial charge in [0.15, 0.2) is 5.76 Å². The van der Waals surface area contributed by atoms with E-state index in [1.54, 1.807) is 19.3 Å². The molecule has 0 bridgehead atoms. The van der Waals surface area contributed by atoms with Crippen LogP contribution in [-0.2, 0) is 13.1 Å². The van der Waals surface area contributed by atoms with Gasteiger partial charge in [0, 0.05) is 54.1 Å². The highest BCUT2D eigenvalue weighted by atomic mass is 16.5. The maximum atomic E-state index is 9.81. The van der Waals surface area contributed by atoms with Crippen LogP contribution in [0.2, 0.25) is 0 Å². The average molecular weight is 450 g/mol. The van der Waals surface area contributed by atoms with Gasteiger partial charge in [0.25, 0.3) is 0 Å². The molecule has 3 aromatic heterocycles. The van der Waals surface area contributed by atoms with Crippen LogP contribution in [0.4, 0.5) is 0 Å². The fraction of sp³-hybridized carbons (Fsp3) is 0.148. The molecule has 34 heavy (non-hydrogen) atoms. The topological polar surface area (TPSA) is 81.9 Å². The second-order valence-electron chi connectivity index (χ2n) is 8.03. The van der Waals surface area contributed by atoms with Crippen molar-refractivity contribution in [1.82, 2.24) is 24.3 Å². The Bertz CT molecular complexity index is 1420.